The van der Waals surface area contributed by atoms with E-state index in [4.69, 9.17) is 1.12 Å². The second kappa shape index (κ2) is 9.80. The van der Waals surface area contributed by atoms with Gasteiger partial charge in [0.05, 0.1) is 12.1 Å². The number of pyridine rings is 1. The Kier molecular flexibility index (Phi) is 7.39. The normalized spacial score (nSPS) is 11.5. The Bertz CT molecular complexity index is 428. The van der Waals surface area contributed by atoms with Crippen LogP contribution in [-0.2, 0) is 0 Å². The highest BCUT2D eigenvalue weighted by atomic mass is 33.1. The van der Waals surface area contributed by atoms with Crippen LogP contribution in [0, 0.1) is 0 Å². The van der Waals surface area contributed by atoms with Crippen LogP contribution in [0.4, 0.5) is 5.82 Å². The summed E-state index contributed by atoms with van der Waals surface area (Å²) in [5, 5.41) is 10.8. The van der Waals surface area contributed by atoms with Crippen LogP contribution in [0.2, 0.25) is 0 Å². The van der Waals surface area contributed by atoms with E-state index in [0.29, 0.717) is 30.2 Å². The van der Waals surface area contributed by atoms with E-state index in [1.807, 2.05) is 0 Å². The number of carbonyl (C=O) groups excluding carboxylic acids is 1. The van der Waals surface area contributed by atoms with Crippen LogP contribution in [-0.4, -0.2) is 30.9 Å². The molecule has 7 heteroatoms. The van der Waals surface area contributed by atoms with Crippen LogP contribution in [0.25, 0.3) is 0 Å². The fourth-order valence-corrected chi connectivity index (χ4v) is 1.67. The lowest BCUT2D eigenvalue weighted by molar-refractivity contribution is 0.0956. The summed E-state index contributed by atoms with van der Waals surface area (Å²) in [6.07, 6.45) is 3.59. The third-order valence-corrected chi connectivity index (χ3v) is 3.14. The van der Waals surface area contributed by atoms with E-state index in [1.54, 1.807) is 12.1 Å². The van der Waals surface area contributed by atoms with Gasteiger partial charge in [-0.1, -0.05) is 24.1 Å². The topological polar surface area (TPSA) is 66.7 Å². The Morgan fingerprint density at radius 2 is 2.53 bits per heavy atom. The third-order valence-electron chi connectivity index (χ3n) is 2.27. The molecule has 104 valence electrons. The molecule has 1 rings (SSSR count). The quantitative estimate of drug-likeness (QED) is 0.318. The van der Waals surface area contributed by atoms with Crippen LogP contribution in [0.5, 0.6) is 0 Å². The molecular weight excluding hydrogens is 280 g/mol. The molecular formula is C12H18N4OS2. The van der Waals surface area contributed by atoms with Gasteiger partial charge in [-0.25, -0.2) is 4.98 Å². The lowest BCUT2D eigenvalue weighted by Crippen LogP contribution is -2.25. The fraction of sp³-hybridized carbons (Fsp3) is 0.500. The van der Waals surface area contributed by atoms with Gasteiger partial charge in [-0.05, 0) is 18.6 Å². The fourth-order valence-electron chi connectivity index (χ4n) is 1.24. The summed E-state index contributed by atoms with van der Waals surface area (Å²) >= 11 is 0.942. The van der Waals surface area contributed by atoms with Gasteiger partial charge in [-0.3, -0.25) is 4.79 Å². The van der Waals surface area contributed by atoms with Crippen molar-refractivity contribution in [1.82, 2.24) is 10.3 Å². The maximum absolute atomic E-state index is 11.8. The number of azo groups is 1. The molecule has 1 N–H and O–H groups in total. The van der Waals surface area contributed by atoms with E-state index >= 15 is 0 Å². The SMILES string of the molecule is [3H]SSCCNC(=O)c1ccc(N=NCCCC)nc1. The summed E-state index contributed by atoms with van der Waals surface area (Å²) < 4.78 is 6.90. The molecule has 0 fully saturated rings. The van der Waals surface area contributed by atoms with Crippen molar-refractivity contribution < 1.29 is 4.79 Å². The van der Waals surface area contributed by atoms with Crippen LogP contribution < -0.4 is 5.32 Å². The molecule has 0 aliphatic rings. The molecule has 1 aromatic rings. The average molecular weight is 300 g/mol. The molecule has 1 amide bonds. The standard InChI is InChI=1S/C12H18N4OS2/c1-2-3-6-15-16-11-5-4-10(9-14-11)12(17)13-7-8-19-18/h4-5,9,18H,2-3,6-8H2,1H3,(H,13,17)/i/hT. The molecule has 19 heavy (non-hydrogen) atoms. The van der Waals surface area contributed by atoms with E-state index < -0.39 is 0 Å². The number of rotatable bonds is 9. The van der Waals surface area contributed by atoms with Gasteiger partial charge in [0.2, 0.25) is 0 Å². The first kappa shape index (κ1) is 14.3. The number of amides is 1. The summed E-state index contributed by atoms with van der Waals surface area (Å²) in [5.74, 6) is 1.05. The van der Waals surface area contributed by atoms with Crippen molar-refractivity contribution in [3.63, 3.8) is 0 Å². The molecule has 0 saturated heterocycles. The first-order valence-electron chi connectivity index (χ1n) is 6.55. The van der Waals surface area contributed by atoms with Gasteiger partial charge in [-0.15, -0.1) is 16.7 Å². The van der Waals surface area contributed by atoms with E-state index in [1.165, 1.54) is 17.0 Å². The van der Waals surface area contributed by atoms with E-state index in [-0.39, 0.29) is 5.91 Å². The van der Waals surface area contributed by atoms with Crippen molar-refractivity contribution in [3.05, 3.63) is 23.9 Å². The third kappa shape index (κ3) is 6.58. The van der Waals surface area contributed by atoms with Gasteiger partial charge in [0, 0.05) is 18.5 Å². The second-order valence-electron chi connectivity index (χ2n) is 3.80. The first-order valence-corrected chi connectivity index (χ1v) is 8.05. The summed E-state index contributed by atoms with van der Waals surface area (Å²) in [4.78, 5) is 15.8. The highest BCUT2D eigenvalue weighted by Gasteiger charge is 2.04. The van der Waals surface area contributed by atoms with Crippen molar-refractivity contribution in [2.45, 2.75) is 19.8 Å². The molecule has 0 aliphatic heterocycles. The van der Waals surface area contributed by atoms with Gasteiger partial charge in [0.1, 0.15) is 1.12 Å². The van der Waals surface area contributed by atoms with Crippen molar-refractivity contribution in [2.24, 2.45) is 10.2 Å². The molecule has 0 radical (unpaired) electrons. The predicted molar refractivity (Wildman–Crippen MR) is 82.3 cm³/mol. The van der Waals surface area contributed by atoms with Gasteiger partial charge in [0.15, 0.2) is 5.82 Å². The second-order valence-corrected chi connectivity index (χ2v) is 5.15. The minimum Gasteiger partial charge on any atom is -0.351 e. The maximum Gasteiger partial charge on any atom is 0.252 e. The zero-order chi connectivity index (χ0) is 14.6. The number of carbonyl (C=O) groups is 1. The van der Waals surface area contributed by atoms with Crippen LogP contribution in [0.15, 0.2) is 28.6 Å². The van der Waals surface area contributed by atoms with Crippen molar-refractivity contribution in [3.8, 4) is 0 Å². The Labute approximate surface area is 123 Å². The molecule has 1 heterocycles. The number of unbranched alkanes of at least 4 members (excludes halogenated alkanes) is 1. The molecule has 0 unspecified atom stereocenters. The Balaban J connectivity index is 2.41. The highest BCUT2D eigenvalue weighted by molar-refractivity contribution is 8.68. The molecule has 0 atom stereocenters. The molecule has 0 spiro atoms. The monoisotopic (exact) mass is 300 g/mol. The minimum absolute atomic E-state index is 0.164. The summed E-state index contributed by atoms with van der Waals surface area (Å²) in [6, 6.07) is 3.36. The molecule has 0 bridgehead atoms. The lowest BCUT2D eigenvalue weighted by atomic mass is 10.2. The van der Waals surface area contributed by atoms with Gasteiger partial charge in [0.25, 0.3) is 5.91 Å². The van der Waals surface area contributed by atoms with Gasteiger partial charge in [-0.2, -0.15) is 5.11 Å². The summed E-state index contributed by atoms with van der Waals surface area (Å²) in [6.45, 7) is 3.34. The minimum atomic E-state index is -0.164. The largest absolute Gasteiger partial charge is 0.351 e. The zero-order valence-electron chi connectivity index (χ0n) is 11.8. The number of nitrogens with one attached hydrogen (secondary N) is 1. The zero-order valence-corrected chi connectivity index (χ0v) is 12.5. The van der Waals surface area contributed by atoms with Crippen molar-refractivity contribution in [2.75, 3.05) is 18.8 Å². The molecule has 0 aliphatic carbocycles. The van der Waals surface area contributed by atoms with Crippen LogP contribution in [0.1, 0.15) is 30.1 Å². The summed E-state index contributed by atoms with van der Waals surface area (Å²) in [5.41, 5.74) is 0.501. The highest BCUT2D eigenvalue weighted by Crippen LogP contribution is 2.09. The predicted octanol–water partition coefficient (Wildman–Crippen LogP) is 3.27. The summed E-state index contributed by atoms with van der Waals surface area (Å²) in [7, 11) is 1.39. The lowest BCUT2D eigenvalue weighted by Gasteiger charge is -2.03. The Morgan fingerprint density at radius 1 is 1.63 bits per heavy atom. The number of hydrogen-bond donors (Lipinski definition) is 2. The average Bonchev–Trinajstić information content (AvgIpc) is 2.48. The number of nitrogens with zero attached hydrogens (tertiary/aromatic N) is 3. The van der Waals surface area contributed by atoms with Gasteiger partial charge < -0.3 is 5.32 Å². The molecule has 0 saturated carbocycles. The van der Waals surface area contributed by atoms with Crippen molar-refractivity contribution in [1.29, 1.82) is 1.12 Å². The van der Waals surface area contributed by atoms with Gasteiger partial charge >= 0.3 is 0 Å². The molecule has 0 aromatic carbocycles. The van der Waals surface area contributed by atoms with Crippen LogP contribution in [0.3, 0.4) is 0 Å². The number of aromatic nitrogens is 1. The Morgan fingerprint density at radius 3 is 3.21 bits per heavy atom. The number of thiol groups is 1. The van der Waals surface area contributed by atoms with Crippen LogP contribution >= 0.6 is 22.4 Å². The van der Waals surface area contributed by atoms with E-state index in [9.17, 15) is 4.79 Å². The van der Waals surface area contributed by atoms with E-state index in [2.05, 4.69) is 27.5 Å². The number of hydrogen-bond acceptors (Lipinski definition) is 6. The maximum atomic E-state index is 11.8. The van der Waals surface area contributed by atoms with Crippen molar-refractivity contribution >= 4 is 34.1 Å². The first-order chi connectivity index (χ1) is 9.77. The Hall–Kier alpha value is -1.08. The smallest absolute Gasteiger partial charge is 0.252 e. The van der Waals surface area contributed by atoms with E-state index in [0.717, 1.165) is 24.4 Å². The molecule has 5 nitrogen and oxygen atoms in total. The molecule has 1 aromatic heterocycles.